The Hall–Kier alpha value is -0.760. The molecule has 1 aromatic heterocycles. The quantitative estimate of drug-likeness (QED) is 0.245. The van der Waals surface area contributed by atoms with Gasteiger partial charge in [-0.15, -0.1) is 16.1 Å². The highest BCUT2D eigenvalue weighted by Gasteiger charge is 2.30. The van der Waals surface area contributed by atoms with Gasteiger partial charge in [0.2, 0.25) is 0 Å². The summed E-state index contributed by atoms with van der Waals surface area (Å²) in [5, 5.41) is 13.6. The average Bonchev–Trinajstić information content (AvgIpc) is 2.84. The van der Waals surface area contributed by atoms with E-state index in [9.17, 15) is 4.55 Å². The summed E-state index contributed by atoms with van der Waals surface area (Å²) in [6, 6.07) is 1.88. The monoisotopic (exact) mass is 331 g/mol. The van der Waals surface area contributed by atoms with Crippen molar-refractivity contribution < 1.29 is 9.76 Å². The highest BCUT2D eigenvalue weighted by molar-refractivity contribution is 7.90. The van der Waals surface area contributed by atoms with Crippen LogP contribution in [0.5, 0.6) is 0 Å². The lowest BCUT2D eigenvalue weighted by atomic mass is 10.0. The van der Waals surface area contributed by atoms with Crippen LogP contribution in [0.2, 0.25) is 0 Å². The van der Waals surface area contributed by atoms with Crippen molar-refractivity contribution in [2.45, 2.75) is 51.8 Å². The average molecular weight is 332 g/mol. The molecule has 0 amide bonds. The van der Waals surface area contributed by atoms with Crippen LogP contribution in [0.1, 0.15) is 57.5 Å². The van der Waals surface area contributed by atoms with Crippen molar-refractivity contribution in [1.29, 1.82) is 0 Å². The Morgan fingerprint density at radius 3 is 2.62 bits per heavy atom. The number of oxime groups is 1. The molecule has 0 aliphatic carbocycles. The SMILES string of the molecule is CC(C)C[C@H](N[S+]([O-])C(C)(C)C)c1cc(C(N)=NO)cs1. The minimum absolute atomic E-state index is 0.00435. The van der Waals surface area contributed by atoms with Crippen LogP contribution < -0.4 is 10.5 Å². The summed E-state index contributed by atoms with van der Waals surface area (Å²) in [6.45, 7) is 10.1. The van der Waals surface area contributed by atoms with E-state index in [2.05, 4.69) is 23.7 Å². The van der Waals surface area contributed by atoms with Gasteiger partial charge in [-0.3, -0.25) is 0 Å². The van der Waals surface area contributed by atoms with E-state index in [4.69, 9.17) is 10.9 Å². The maximum Gasteiger partial charge on any atom is 0.170 e. The van der Waals surface area contributed by atoms with E-state index in [1.165, 1.54) is 11.3 Å². The van der Waals surface area contributed by atoms with Gasteiger partial charge < -0.3 is 15.5 Å². The number of hydrogen-bond acceptors (Lipinski definition) is 5. The molecule has 0 bridgehead atoms. The Morgan fingerprint density at radius 2 is 2.14 bits per heavy atom. The Kier molecular flexibility index (Phi) is 6.52. The Balaban J connectivity index is 2.95. The van der Waals surface area contributed by atoms with Crippen LogP contribution in [0.3, 0.4) is 0 Å². The molecule has 1 unspecified atom stereocenters. The molecule has 0 radical (unpaired) electrons. The van der Waals surface area contributed by atoms with Crippen molar-refractivity contribution in [3.05, 3.63) is 21.9 Å². The molecule has 4 N–H and O–H groups in total. The minimum Gasteiger partial charge on any atom is -0.598 e. The highest BCUT2D eigenvalue weighted by atomic mass is 32.2. The van der Waals surface area contributed by atoms with Gasteiger partial charge >= 0.3 is 0 Å². The number of nitrogens with one attached hydrogen (secondary N) is 1. The van der Waals surface area contributed by atoms with Gasteiger partial charge in [-0.05, 0) is 39.2 Å². The summed E-state index contributed by atoms with van der Waals surface area (Å²) in [6.07, 6.45) is 0.873. The molecule has 0 spiro atoms. The lowest BCUT2D eigenvalue weighted by molar-refractivity contribution is 0.318. The molecular weight excluding hydrogens is 306 g/mol. The maximum atomic E-state index is 12.3. The van der Waals surface area contributed by atoms with Crippen molar-refractivity contribution in [3.8, 4) is 0 Å². The Morgan fingerprint density at radius 1 is 1.52 bits per heavy atom. The molecule has 1 heterocycles. The van der Waals surface area contributed by atoms with Crippen LogP contribution in [-0.4, -0.2) is 20.3 Å². The van der Waals surface area contributed by atoms with Crippen molar-refractivity contribution in [2.75, 3.05) is 0 Å². The maximum absolute atomic E-state index is 12.3. The van der Waals surface area contributed by atoms with Crippen LogP contribution in [0.25, 0.3) is 0 Å². The second-order valence-electron chi connectivity index (χ2n) is 6.40. The molecule has 0 aromatic carbocycles. The first-order valence-corrected chi connectivity index (χ1v) is 8.92. The van der Waals surface area contributed by atoms with Gasteiger partial charge in [0.1, 0.15) is 4.75 Å². The summed E-state index contributed by atoms with van der Waals surface area (Å²) in [5.74, 6) is 0.562. The number of amidine groups is 1. The molecule has 2 atom stereocenters. The zero-order valence-corrected chi connectivity index (χ0v) is 14.8. The molecule has 0 saturated carbocycles. The molecule has 0 fully saturated rings. The van der Waals surface area contributed by atoms with Crippen molar-refractivity contribution >= 4 is 28.5 Å². The van der Waals surface area contributed by atoms with Gasteiger partial charge in [-0.2, -0.15) is 0 Å². The van der Waals surface area contributed by atoms with Crippen molar-refractivity contribution in [3.63, 3.8) is 0 Å². The number of nitrogens with zero attached hydrogens (tertiary/aromatic N) is 1. The third-order valence-corrected chi connectivity index (χ3v) is 5.54. The van der Waals surface area contributed by atoms with Crippen LogP contribution in [0.4, 0.5) is 0 Å². The topological polar surface area (TPSA) is 93.7 Å². The van der Waals surface area contributed by atoms with Crippen molar-refractivity contribution in [1.82, 2.24) is 4.72 Å². The summed E-state index contributed by atoms with van der Waals surface area (Å²) in [4.78, 5) is 1.04. The predicted molar refractivity (Wildman–Crippen MR) is 90.1 cm³/mol. The lowest BCUT2D eigenvalue weighted by Gasteiger charge is -2.28. The van der Waals surface area contributed by atoms with E-state index in [0.29, 0.717) is 11.5 Å². The molecule has 0 saturated heterocycles. The van der Waals surface area contributed by atoms with E-state index in [1.807, 2.05) is 32.2 Å². The van der Waals surface area contributed by atoms with Gasteiger partial charge in [-0.25, -0.2) is 0 Å². The van der Waals surface area contributed by atoms with Gasteiger partial charge in [0.05, 0.1) is 6.04 Å². The highest BCUT2D eigenvalue weighted by Crippen LogP contribution is 2.29. The van der Waals surface area contributed by atoms with E-state index in [-0.39, 0.29) is 16.6 Å². The number of nitrogens with two attached hydrogens (primary N) is 1. The zero-order chi connectivity index (χ0) is 16.2. The molecule has 1 rings (SSSR count). The molecule has 0 aliphatic rings. The molecular formula is C14H25N3O2S2. The zero-order valence-electron chi connectivity index (χ0n) is 13.2. The lowest BCUT2D eigenvalue weighted by Crippen LogP contribution is -2.41. The van der Waals surface area contributed by atoms with Crippen LogP contribution in [-0.2, 0) is 11.4 Å². The first kappa shape index (κ1) is 18.3. The summed E-state index contributed by atoms with van der Waals surface area (Å²) in [5.41, 5.74) is 6.30. The third-order valence-electron chi connectivity index (χ3n) is 2.88. The molecule has 5 nitrogen and oxygen atoms in total. The third kappa shape index (κ3) is 5.50. The normalized spacial score (nSPS) is 16.2. The van der Waals surface area contributed by atoms with E-state index in [1.54, 1.807) is 0 Å². The second kappa shape index (κ2) is 7.49. The molecule has 1 aromatic rings. The van der Waals surface area contributed by atoms with Crippen molar-refractivity contribution in [2.24, 2.45) is 16.8 Å². The Bertz CT molecular complexity index is 481. The van der Waals surface area contributed by atoms with Crippen LogP contribution in [0, 0.1) is 5.92 Å². The van der Waals surface area contributed by atoms with Crippen LogP contribution >= 0.6 is 11.3 Å². The number of thiophene rings is 1. The van der Waals surface area contributed by atoms with Gasteiger partial charge in [0, 0.05) is 27.2 Å². The minimum atomic E-state index is -1.14. The van der Waals surface area contributed by atoms with E-state index >= 15 is 0 Å². The smallest absolute Gasteiger partial charge is 0.170 e. The first-order valence-electron chi connectivity index (χ1n) is 6.89. The molecule has 120 valence electrons. The standard InChI is InChI=1S/C14H25N3O2S2/c1-9(2)6-11(17-21(19)14(3,4)5)12-7-10(8-20-12)13(15)16-18/h7-9,11,17-18H,6H2,1-5H3,(H2,15,16)/t11-,21?/m0/s1. The molecule has 0 aliphatic heterocycles. The fourth-order valence-electron chi connectivity index (χ4n) is 1.73. The van der Waals surface area contributed by atoms with E-state index in [0.717, 1.165) is 11.3 Å². The van der Waals surface area contributed by atoms with Gasteiger partial charge in [0.15, 0.2) is 5.84 Å². The van der Waals surface area contributed by atoms with Gasteiger partial charge in [0.25, 0.3) is 0 Å². The number of hydrogen-bond donors (Lipinski definition) is 3. The van der Waals surface area contributed by atoms with Crippen LogP contribution in [0.15, 0.2) is 16.6 Å². The molecule has 21 heavy (non-hydrogen) atoms. The fraction of sp³-hybridized carbons (Fsp3) is 0.643. The summed E-state index contributed by atoms with van der Waals surface area (Å²) in [7, 11) is 0. The predicted octanol–water partition coefficient (Wildman–Crippen LogP) is 2.98. The van der Waals surface area contributed by atoms with Gasteiger partial charge in [-0.1, -0.05) is 19.0 Å². The van der Waals surface area contributed by atoms with E-state index < -0.39 is 11.4 Å². The fourth-order valence-corrected chi connectivity index (χ4v) is 3.60. The second-order valence-corrected chi connectivity index (χ2v) is 9.34. The molecule has 7 heteroatoms. The Labute approximate surface area is 133 Å². The summed E-state index contributed by atoms with van der Waals surface area (Å²) < 4.78 is 15.2. The number of rotatable bonds is 6. The largest absolute Gasteiger partial charge is 0.598 e. The first-order chi connectivity index (χ1) is 9.65. The summed E-state index contributed by atoms with van der Waals surface area (Å²) >= 11 is 0.385.